The Bertz CT molecular complexity index is 1390. The summed E-state index contributed by atoms with van der Waals surface area (Å²) in [5.74, 6) is -0.668. The van der Waals surface area contributed by atoms with E-state index in [1.54, 1.807) is 39.6 Å². The number of rotatable bonds is 3. The maximum Gasteiger partial charge on any atom is 0.268 e. The Morgan fingerprint density at radius 2 is 1.88 bits per heavy atom. The summed E-state index contributed by atoms with van der Waals surface area (Å²) in [7, 11) is 3.69. The van der Waals surface area contributed by atoms with Gasteiger partial charge in [0.15, 0.2) is 17.7 Å². The second-order valence-corrected chi connectivity index (χ2v) is 8.16. The molecular weight excluding hydrogens is 411 g/mol. The zero-order valence-electron chi connectivity index (χ0n) is 18.5. The average Bonchev–Trinajstić information content (AvgIpc) is 3.25. The van der Waals surface area contributed by atoms with Crippen molar-refractivity contribution in [3.05, 3.63) is 53.4 Å². The molecule has 4 heterocycles. The zero-order valence-corrected chi connectivity index (χ0v) is 18.5. The van der Waals surface area contributed by atoms with E-state index < -0.39 is 11.9 Å². The molecule has 4 aromatic rings. The van der Waals surface area contributed by atoms with Crippen LogP contribution in [0.3, 0.4) is 0 Å². The number of ether oxygens (including phenoxy) is 1. The van der Waals surface area contributed by atoms with E-state index in [0.717, 1.165) is 33.5 Å². The van der Waals surface area contributed by atoms with E-state index >= 15 is 4.39 Å². The van der Waals surface area contributed by atoms with E-state index in [0.29, 0.717) is 11.3 Å². The highest BCUT2D eigenvalue weighted by molar-refractivity contribution is 6.00. The SMILES string of the molecule is Cc1nn(C)c(C)c1CN1C(=O)[C@@H](C)Oc2c(F)cc(-c3cnc4cnn(C)c4c3)cc21. The molecule has 1 aliphatic rings. The number of aryl methyl sites for hydroxylation is 3. The topological polar surface area (TPSA) is 78.1 Å². The van der Waals surface area contributed by atoms with Gasteiger partial charge >= 0.3 is 0 Å². The predicted molar refractivity (Wildman–Crippen MR) is 118 cm³/mol. The number of benzene rings is 1. The van der Waals surface area contributed by atoms with Gasteiger partial charge in [-0.1, -0.05) is 0 Å². The number of amides is 1. The third-order valence-electron chi connectivity index (χ3n) is 6.13. The van der Waals surface area contributed by atoms with Crippen molar-refractivity contribution in [2.24, 2.45) is 14.1 Å². The molecule has 0 spiro atoms. The first-order valence-electron chi connectivity index (χ1n) is 10.3. The van der Waals surface area contributed by atoms with Crippen molar-refractivity contribution in [1.82, 2.24) is 24.5 Å². The third kappa shape index (κ3) is 3.04. The van der Waals surface area contributed by atoms with Crippen molar-refractivity contribution >= 4 is 22.6 Å². The Kier molecular flexibility index (Phi) is 4.51. The van der Waals surface area contributed by atoms with Gasteiger partial charge < -0.3 is 9.64 Å². The highest BCUT2D eigenvalue weighted by Crippen LogP contribution is 2.41. The van der Waals surface area contributed by atoms with Gasteiger partial charge in [0.1, 0.15) is 5.52 Å². The summed E-state index contributed by atoms with van der Waals surface area (Å²) in [4.78, 5) is 19.1. The van der Waals surface area contributed by atoms with Crippen LogP contribution in [0.25, 0.3) is 22.2 Å². The number of carbonyl (C=O) groups excluding carboxylic acids is 1. The molecule has 3 aromatic heterocycles. The summed E-state index contributed by atoms with van der Waals surface area (Å²) >= 11 is 0. The van der Waals surface area contributed by atoms with E-state index in [4.69, 9.17) is 4.74 Å². The average molecular weight is 434 g/mol. The van der Waals surface area contributed by atoms with Crippen LogP contribution in [0.5, 0.6) is 5.75 Å². The Morgan fingerprint density at radius 1 is 1.09 bits per heavy atom. The molecule has 32 heavy (non-hydrogen) atoms. The molecule has 0 unspecified atom stereocenters. The molecule has 8 nitrogen and oxygen atoms in total. The molecule has 0 bridgehead atoms. The third-order valence-corrected chi connectivity index (χ3v) is 6.13. The number of hydrogen-bond acceptors (Lipinski definition) is 5. The minimum Gasteiger partial charge on any atom is -0.476 e. The molecule has 0 saturated heterocycles. The quantitative estimate of drug-likeness (QED) is 0.494. The maximum absolute atomic E-state index is 15.2. The molecular formula is C23H23FN6O2. The first-order valence-corrected chi connectivity index (χ1v) is 10.3. The van der Waals surface area contributed by atoms with Crippen LogP contribution in [-0.2, 0) is 25.4 Å². The van der Waals surface area contributed by atoms with Gasteiger partial charge in [0.25, 0.3) is 5.91 Å². The van der Waals surface area contributed by atoms with Gasteiger partial charge in [-0.3, -0.25) is 19.1 Å². The number of hydrogen-bond donors (Lipinski definition) is 0. The van der Waals surface area contributed by atoms with E-state index in [-0.39, 0.29) is 18.2 Å². The molecule has 0 saturated carbocycles. The summed E-state index contributed by atoms with van der Waals surface area (Å²) < 4.78 is 24.4. The monoisotopic (exact) mass is 434 g/mol. The van der Waals surface area contributed by atoms with Crippen LogP contribution < -0.4 is 9.64 Å². The van der Waals surface area contributed by atoms with Crippen LogP contribution >= 0.6 is 0 Å². The predicted octanol–water partition coefficient (Wildman–Crippen LogP) is 3.44. The van der Waals surface area contributed by atoms with Gasteiger partial charge in [-0.05, 0) is 44.5 Å². The Morgan fingerprint density at radius 3 is 2.59 bits per heavy atom. The van der Waals surface area contributed by atoms with Gasteiger partial charge in [0.2, 0.25) is 0 Å². The standard InChI is InChI=1S/C23H23FN6O2/c1-12-17(13(2)28(4)27-12)11-30-21-7-15(6-18(24)22(21)32-14(3)23(30)31)16-8-20-19(25-9-16)10-26-29(20)5/h6-10,14H,11H2,1-5H3/t14-/m1/s1. The Hall–Kier alpha value is -3.75. The maximum atomic E-state index is 15.2. The van der Waals surface area contributed by atoms with E-state index in [2.05, 4.69) is 15.2 Å². The summed E-state index contributed by atoms with van der Waals surface area (Å²) in [5, 5.41) is 8.66. The fraction of sp³-hybridized carbons (Fsp3) is 0.304. The number of anilines is 1. The van der Waals surface area contributed by atoms with Crippen LogP contribution in [0.4, 0.5) is 10.1 Å². The number of fused-ring (bicyclic) bond motifs is 2. The lowest BCUT2D eigenvalue weighted by Gasteiger charge is -2.33. The second-order valence-electron chi connectivity index (χ2n) is 8.16. The molecule has 0 radical (unpaired) electrons. The van der Waals surface area contributed by atoms with Crippen molar-refractivity contribution < 1.29 is 13.9 Å². The van der Waals surface area contributed by atoms with Crippen LogP contribution in [0, 0.1) is 19.7 Å². The molecule has 1 amide bonds. The van der Waals surface area contributed by atoms with Crippen LogP contribution in [-0.4, -0.2) is 36.6 Å². The van der Waals surface area contributed by atoms with Gasteiger partial charge in [0.05, 0.1) is 29.6 Å². The van der Waals surface area contributed by atoms with E-state index in [1.165, 1.54) is 6.07 Å². The number of pyridine rings is 1. The number of aromatic nitrogens is 5. The van der Waals surface area contributed by atoms with Crippen LogP contribution in [0.2, 0.25) is 0 Å². The molecule has 9 heteroatoms. The molecule has 0 fully saturated rings. The van der Waals surface area contributed by atoms with Crippen molar-refractivity contribution in [3.63, 3.8) is 0 Å². The number of nitrogens with zero attached hydrogens (tertiary/aromatic N) is 6. The van der Waals surface area contributed by atoms with Crippen molar-refractivity contribution in [3.8, 4) is 16.9 Å². The lowest BCUT2D eigenvalue weighted by molar-refractivity contribution is -0.125. The van der Waals surface area contributed by atoms with Crippen molar-refractivity contribution in [2.45, 2.75) is 33.4 Å². The van der Waals surface area contributed by atoms with Crippen molar-refractivity contribution in [1.29, 1.82) is 0 Å². The molecule has 164 valence electrons. The minimum absolute atomic E-state index is 0.0783. The van der Waals surface area contributed by atoms with E-state index in [1.807, 2.05) is 34.0 Å². The van der Waals surface area contributed by atoms with Crippen molar-refractivity contribution in [2.75, 3.05) is 4.90 Å². The highest BCUT2D eigenvalue weighted by Gasteiger charge is 2.35. The van der Waals surface area contributed by atoms with E-state index in [9.17, 15) is 4.79 Å². The minimum atomic E-state index is -0.785. The zero-order chi connectivity index (χ0) is 22.7. The lowest BCUT2D eigenvalue weighted by Crippen LogP contribution is -2.44. The summed E-state index contributed by atoms with van der Waals surface area (Å²) in [6, 6.07) is 5.10. The second kappa shape index (κ2) is 7.15. The number of halogens is 1. The summed E-state index contributed by atoms with van der Waals surface area (Å²) in [6.07, 6.45) is 2.58. The van der Waals surface area contributed by atoms with Gasteiger partial charge in [0, 0.05) is 37.1 Å². The smallest absolute Gasteiger partial charge is 0.268 e. The van der Waals surface area contributed by atoms with Crippen LogP contribution in [0.15, 0.2) is 30.6 Å². The highest BCUT2D eigenvalue weighted by atomic mass is 19.1. The largest absolute Gasteiger partial charge is 0.476 e. The first kappa shape index (κ1) is 20.2. The normalized spacial score (nSPS) is 15.9. The molecule has 0 aliphatic carbocycles. The van der Waals surface area contributed by atoms with Gasteiger partial charge in [-0.15, -0.1) is 0 Å². The number of carbonyl (C=O) groups is 1. The molecule has 1 aliphatic heterocycles. The summed E-state index contributed by atoms with van der Waals surface area (Å²) in [5.41, 5.74) is 6.04. The fourth-order valence-electron chi connectivity index (χ4n) is 4.18. The molecule has 1 atom stereocenters. The Labute approximate surface area is 184 Å². The Balaban J connectivity index is 1.64. The summed E-state index contributed by atoms with van der Waals surface area (Å²) in [6.45, 7) is 5.78. The molecule has 1 aromatic carbocycles. The molecule has 0 N–H and O–H groups in total. The molecule has 5 rings (SSSR count). The lowest BCUT2D eigenvalue weighted by atomic mass is 10.0. The van der Waals surface area contributed by atoms with Gasteiger partial charge in [-0.2, -0.15) is 10.2 Å². The fourth-order valence-corrected chi connectivity index (χ4v) is 4.18. The van der Waals surface area contributed by atoms with Gasteiger partial charge in [-0.25, -0.2) is 4.39 Å². The first-order chi connectivity index (χ1) is 15.2. The van der Waals surface area contributed by atoms with Crippen LogP contribution in [0.1, 0.15) is 23.9 Å².